The molecule has 0 radical (unpaired) electrons. The van der Waals surface area contributed by atoms with Crippen molar-refractivity contribution < 1.29 is 0 Å². The fraction of sp³-hybridized carbons (Fsp3) is 0.714. The van der Waals surface area contributed by atoms with Gasteiger partial charge in [0.1, 0.15) is 18.0 Å². The summed E-state index contributed by atoms with van der Waals surface area (Å²) in [6, 6.07) is 3.29. The Morgan fingerprint density at radius 3 is 2.89 bits per heavy atom. The van der Waals surface area contributed by atoms with E-state index in [-0.39, 0.29) is 0 Å². The number of hydrogen-bond acceptors (Lipinski definition) is 5. The van der Waals surface area contributed by atoms with Gasteiger partial charge in [0.15, 0.2) is 0 Å². The van der Waals surface area contributed by atoms with Crippen LogP contribution in [0.3, 0.4) is 0 Å². The first kappa shape index (κ1) is 12.7. The summed E-state index contributed by atoms with van der Waals surface area (Å²) in [6.07, 6.45) is 8.06. The van der Waals surface area contributed by atoms with Gasteiger partial charge in [-0.3, -0.25) is 0 Å². The van der Waals surface area contributed by atoms with Crippen LogP contribution in [0.4, 0.5) is 11.6 Å². The Morgan fingerprint density at radius 1 is 1.26 bits per heavy atom. The standard InChI is InChI=1S/C14H23N5/c1-15-9-12-6-3-7-19(12)14-8-13(16-10-17-14)18-11-4-2-5-11/h8,10-12,15H,2-7,9H2,1H3,(H,16,17,18). The Labute approximate surface area is 114 Å². The average Bonchev–Trinajstić information content (AvgIpc) is 2.83. The zero-order chi connectivity index (χ0) is 13.1. The van der Waals surface area contributed by atoms with E-state index in [0.717, 1.165) is 24.7 Å². The van der Waals surface area contributed by atoms with Crippen LogP contribution in [-0.4, -0.2) is 42.2 Å². The summed E-state index contributed by atoms with van der Waals surface area (Å²) in [4.78, 5) is 11.2. The van der Waals surface area contributed by atoms with Crippen LogP contribution in [0, 0.1) is 0 Å². The maximum absolute atomic E-state index is 4.45. The lowest BCUT2D eigenvalue weighted by molar-refractivity contribution is 0.444. The van der Waals surface area contributed by atoms with Gasteiger partial charge < -0.3 is 15.5 Å². The molecule has 3 rings (SSSR count). The predicted molar refractivity (Wildman–Crippen MR) is 77.6 cm³/mol. The summed E-state index contributed by atoms with van der Waals surface area (Å²) in [5, 5.41) is 6.77. The van der Waals surface area contributed by atoms with E-state index in [1.807, 2.05) is 7.05 Å². The lowest BCUT2D eigenvalue weighted by Gasteiger charge is -2.28. The van der Waals surface area contributed by atoms with Crippen molar-refractivity contribution >= 4 is 11.6 Å². The van der Waals surface area contributed by atoms with Crippen molar-refractivity contribution in [1.29, 1.82) is 0 Å². The lowest BCUT2D eigenvalue weighted by Crippen LogP contribution is -2.37. The highest BCUT2D eigenvalue weighted by atomic mass is 15.2. The van der Waals surface area contributed by atoms with Crippen molar-refractivity contribution in [3.63, 3.8) is 0 Å². The van der Waals surface area contributed by atoms with Crippen LogP contribution in [0.25, 0.3) is 0 Å². The van der Waals surface area contributed by atoms with Crippen LogP contribution in [0.1, 0.15) is 32.1 Å². The van der Waals surface area contributed by atoms with Crippen molar-refractivity contribution in [3.05, 3.63) is 12.4 Å². The van der Waals surface area contributed by atoms with E-state index in [1.54, 1.807) is 6.33 Å². The highest BCUT2D eigenvalue weighted by Gasteiger charge is 2.25. The van der Waals surface area contributed by atoms with Gasteiger partial charge in [0.05, 0.1) is 0 Å². The first-order valence-electron chi connectivity index (χ1n) is 7.36. The summed E-state index contributed by atoms with van der Waals surface area (Å²) in [7, 11) is 2.01. The number of anilines is 2. The zero-order valence-corrected chi connectivity index (χ0v) is 11.6. The first-order chi connectivity index (χ1) is 9.36. The third kappa shape index (κ3) is 2.81. The number of hydrogen-bond donors (Lipinski definition) is 2. The molecule has 2 fully saturated rings. The smallest absolute Gasteiger partial charge is 0.134 e. The van der Waals surface area contributed by atoms with E-state index in [1.165, 1.54) is 32.1 Å². The molecule has 1 unspecified atom stereocenters. The molecule has 2 N–H and O–H groups in total. The maximum Gasteiger partial charge on any atom is 0.134 e. The van der Waals surface area contributed by atoms with Gasteiger partial charge in [0.2, 0.25) is 0 Å². The highest BCUT2D eigenvalue weighted by molar-refractivity contribution is 5.50. The molecule has 0 amide bonds. The fourth-order valence-corrected chi connectivity index (χ4v) is 2.93. The minimum atomic E-state index is 0.566. The summed E-state index contributed by atoms with van der Waals surface area (Å²) < 4.78 is 0. The molecule has 19 heavy (non-hydrogen) atoms. The number of nitrogens with one attached hydrogen (secondary N) is 2. The average molecular weight is 261 g/mol. The zero-order valence-electron chi connectivity index (χ0n) is 11.6. The third-order valence-electron chi connectivity index (χ3n) is 4.22. The van der Waals surface area contributed by atoms with Gasteiger partial charge in [0.25, 0.3) is 0 Å². The molecular weight excluding hydrogens is 238 g/mol. The van der Waals surface area contributed by atoms with E-state index in [0.29, 0.717) is 12.1 Å². The molecule has 1 saturated heterocycles. The largest absolute Gasteiger partial charge is 0.367 e. The van der Waals surface area contributed by atoms with Crippen LogP contribution in [-0.2, 0) is 0 Å². The lowest BCUT2D eigenvalue weighted by atomic mass is 9.93. The molecular formula is C14H23N5. The minimum absolute atomic E-state index is 0.566. The molecule has 1 aliphatic heterocycles. The van der Waals surface area contributed by atoms with E-state index in [2.05, 4.69) is 31.6 Å². The molecule has 1 atom stereocenters. The molecule has 0 bridgehead atoms. The van der Waals surface area contributed by atoms with Gasteiger partial charge in [0, 0.05) is 31.2 Å². The number of rotatable bonds is 5. The number of aromatic nitrogens is 2. The third-order valence-corrected chi connectivity index (χ3v) is 4.22. The highest BCUT2D eigenvalue weighted by Crippen LogP contribution is 2.26. The Balaban J connectivity index is 1.70. The second-order valence-electron chi connectivity index (χ2n) is 5.58. The molecule has 2 heterocycles. The van der Waals surface area contributed by atoms with E-state index < -0.39 is 0 Å². The quantitative estimate of drug-likeness (QED) is 0.843. The van der Waals surface area contributed by atoms with E-state index >= 15 is 0 Å². The van der Waals surface area contributed by atoms with Crippen molar-refractivity contribution in [2.45, 2.75) is 44.2 Å². The molecule has 1 saturated carbocycles. The Bertz CT molecular complexity index is 418. The summed E-state index contributed by atoms with van der Waals surface area (Å²) in [5.41, 5.74) is 0. The van der Waals surface area contributed by atoms with Crippen molar-refractivity contribution in [1.82, 2.24) is 15.3 Å². The van der Waals surface area contributed by atoms with Crippen molar-refractivity contribution in [3.8, 4) is 0 Å². The van der Waals surface area contributed by atoms with Crippen molar-refractivity contribution in [2.75, 3.05) is 30.4 Å². The van der Waals surface area contributed by atoms with E-state index in [9.17, 15) is 0 Å². The number of likely N-dealkylation sites (N-methyl/N-ethyl adjacent to an activating group) is 1. The normalized spacial score (nSPS) is 23.4. The van der Waals surface area contributed by atoms with Crippen LogP contribution in [0.15, 0.2) is 12.4 Å². The van der Waals surface area contributed by atoms with Gasteiger partial charge in [-0.1, -0.05) is 0 Å². The van der Waals surface area contributed by atoms with Gasteiger partial charge in [-0.2, -0.15) is 0 Å². The van der Waals surface area contributed by atoms with Gasteiger partial charge in [-0.15, -0.1) is 0 Å². The predicted octanol–water partition coefficient (Wildman–Crippen LogP) is 1.63. The Kier molecular flexibility index (Phi) is 3.82. The Morgan fingerprint density at radius 2 is 2.16 bits per heavy atom. The fourth-order valence-electron chi connectivity index (χ4n) is 2.93. The van der Waals surface area contributed by atoms with Crippen LogP contribution >= 0.6 is 0 Å². The molecule has 0 spiro atoms. The van der Waals surface area contributed by atoms with Crippen LogP contribution in [0.2, 0.25) is 0 Å². The van der Waals surface area contributed by atoms with Crippen molar-refractivity contribution in [2.24, 2.45) is 0 Å². The minimum Gasteiger partial charge on any atom is -0.367 e. The molecule has 5 heteroatoms. The molecule has 1 aliphatic carbocycles. The maximum atomic E-state index is 4.45. The summed E-state index contributed by atoms with van der Waals surface area (Å²) >= 11 is 0. The van der Waals surface area contributed by atoms with Gasteiger partial charge >= 0.3 is 0 Å². The second-order valence-corrected chi connectivity index (χ2v) is 5.58. The van der Waals surface area contributed by atoms with Gasteiger partial charge in [-0.25, -0.2) is 9.97 Å². The van der Waals surface area contributed by atoms with Crippen LogP contribution < -0.4 is 15.5 Å². The Hall–Kier alpha value is -1.36. The molecule has 2 aliphatic rings. The van der Waals surface area contributed by atoms with Gasteiger partial charge in [-0.05, 0) is 39.2 Å². The molecule has 1 aromatic rings. The second kappa shape index (κ2) is 5.74. The van der Waals surface area contributed by atoms with Crippen LogP contribution in [0.5, 0.6) is 0 Å². The number of nitrogens with zero attached hydrogens (tertiary/aromatic N) is 3. The molecule has 5 nitrogen and oxygen atoms in total. The van der Waals surface area contributed by atoms with E-state index in [4.69, 9.17) is 0 Å². The summed E-state index contributed by atoms with van der Waals surface area (Å²) in [5.74, 6) is 2.04. The SMILES string of the molecule is CNCC1CCCN1c1cc(NC2CCC2)ncn1. The topological polar surface area (TPSA) is 53.1 Å². The summed E-state index contributed by atoms with van der Waals surface area (Å²) in [6.45, 7) is 2.13. The molecule has 0 aromatic carbocycles. The molecule has 1 aromatic heterocycles. The monoisotopic (exact) mass is 261 g/mol. The molecule has 104 valence electrons. The first-order valence-corrected chi connectivity index (χ1v) is 7.36.